The molecule has 0 bridgehead atoms. The van der Waals surface area contributed by atoms with Crippen LogP contribution in [0.1, 0.15) is 37.4 Å². The summed E-state index contributed by atoms with van der Waals surface area (Å²) in [6.45, 7) is 0.303. The summed E-state index contributed by atoms with van der Waals surface area (Å²) in [6, 6.07) is 12.1. The molecular weight excluding hydrogens is 409 g/mol. The number of carbonyl (C=O) groups is 1. The average Bonchev–Trinajstić information content (AvgIpc) is 3.48. The highest BCUT2D eigenvalue weighted by atomic mass is 19.1. The normalized spacial score (nSPS) is 18.7. The van der Waals surface area contributed by atoms with Crippen molar-refractivity contribution in [2.45, 2.75) is 31.6 Å². The lowest BCUT2D eigenvalue weighted by atomic mass is 9.81. The minimum absolute atomic E-state index is 0.119. The van der Waals surface area contributed by atoms with E-state index in [-0.39, 0.29) is 11.6 Å². The molecule has 8 heteroatoms. The van der Waals surface area contributed by atoms with Crippen molar-refractivity contribution in [3.05, 3.63) is 72.8 Å². The molecule has 1 amide bonds. The molecular formula is C24H24FN5O2. The highest BCUT2D eigenvalue weighted by Crippen LogP contribution is 2.36. The second-order valence-corrected chi connectivity index (χ2v) is 8.36. The van der Waals surface area contributed by atoms with Crippen LogP contribution in [0.5, 0.6) is 0 Å². The average molecular weight is 433 g/mol. The monoisotopic (exact) mass is 433 g/mol. The summed E-state index contributed by atoms with van der Waals surface area (Å²) in [5.41, 5.74) is 3.07. The van der Waals surface area contributed by atoms with Crippen molar-refractivity contribution in [1.82, 2.24) is 19.5 Å². The number of amides is 1. The minimum atomic E-state index is -1.12. The first-order chi connectivity index (χ1) is 15.6. The molecule has 2 heterocycles. The fourth-order valence-corrected chi connectivity index (χ4v) is 4.61. The van der Waals surface area contributed by atoms with Gasteiger partial charge in [-0.05, 0) is 61.9 Å². The summed E-state index contributed by atoms with van der Waals surface area (Å²) in [6.07, 6.45) is 7.89. The largest absolute Gasteiger partial charge is 0.465 e. The number of H-pyrrole nitrogens is 1. The number of imidazole rings is 2. The number of nitrogens with zero attached hydrogens (tertiary/aromatic N) is 4. The van der Waals surface area contributed by atoms with Crippen molar-refractivity contribution in [3.63, 3.8) is 0 Å². The summed E-state index contributed by atoms with van der Waals surface area (Å²) in [5.74, 6) is 0.965. The Kier molecular flexibility index (Phi) is 5.34. The molecule has 2 aromatic heterocycles. The maximum atomic E-state index is 14.1. The SMILES string of the molecule is O=C(O)N(CC1CCC(c2nc3ccc(-n4ccnc4)cc3[nH]2)CC1)c1ccccc1F. The van der Waals surface area contributed by atoms with E-state index in [0.717, 1.165) is 53.1 Å². The van der Waals surface area contributed by atoms with Crippen LogP contribution in [0.3, 0.4) is 0 Å². The molecule has 4 aromatic rings. The Balaban J connectivity index is 1.26. The number of hydrogen-bond acceptors (Lipinski definition) is 3. The van der Waals surface area contributed by atoms with Gasteiger partial charge in [0, 0.05) is 30.5 Å². The van der Waals surface area contributed by atoms with Crippen LogP contribution in [0.2, 0.25) is 0 Å². The number of aromatic nitrogens is 4. The van der Waals surface area contributed by atoms with E-state index >= 15 is 0 Å². The first-order valence-electron chi connectivity index (χ1n) is 10.8. The highest BCUT2D eigenvalue weighted by molar-refractivity contribution is 5.86. The van der Waals surface area contributed by atoms with Crippen LogP contribution in [0.15, 0.2) is 61.2 Å². The minimum Gasteiger partial charge on any atom is -0.465 e. The maximum absolute atomic E-state index is 14.1. The van der Waals surface area contributed by atoms with Crippen LogP contribution in [-0.2, 0) is 0 Å². The van der Waals surface area contributed by atoms with E-state index in [1.54, 1.807) is 24.7 Å². The zero-order valence-corrected chi connectivity index (χ0v) is 17.5. The Morgan fingerprint density at radius 3 is 2.72 bits per heavy atom. The van der Waals surface area contributed by atoms with Gasteiger partial charge in [0.2, 0.25) is 0 Å². The topological polar surface area (TPSA) is 87.0 Å². The van der Waals surface area contributed by atoms with E-state index < -0.39 is 11.9 Å². The molecule has 1 saturated carbocycles. The van der Waals surface area contributed by atoms with E-state index in [2.05, 4.69) is 16.0 Å². The summed E-state index contributed by atoms with van der Waals surface area (Å²) >= 11 is 0. The zero-order valence-electron chi connectivity index (χ0n) is 17.5. The number of carboxylic acid groups (broad SMARTS) is 1. The number of rotatable bonds is 5. The van der Waals surface area contributed by atoms with Crippen molar-refractivity contribution in [1.29, 1.82) is 0 Å². The summed E-state index contributed by atoms with van der Waals surface area (Å²) < 4.78 is 16.1. The summed E-state index contributed by atoms with van der Waals surface area (Å²) in [5, 5.41) is 9.62. The Morgan fingerprint density at radius 1 is 1.19 bits per heavy atom. The molecule has 1 fully saturated rings. The van der Waals surface area contributed by atoms with Gasteiger partial charge in [0.15, 0.2) is 0 Å². The van der Waals surface area contributed by atoms with Gasteiger partial charge in [0.05, 0.1) is 23.0 Å². The lowest BCUT2D eigenvalue weighted by Crippen LogP contribution is -2.36. The molecule has 7 nitrogen and oxygen atoms in total. The molecule has 0 atom stereocenters. The van der Waals surface area contributed by atoms with E-state index in [1.165, 1.54) is 12.1 Å². The van der Waals surface area contributed by atoms with Gasteiger partial charge in [-0.2, -0.15) is 0 Å². The van der Waals surface area contributed by atoms with Crippen LogP contribution >= 0.6 is 0 Å². The third-order valence-electron chi connectivity index (χ3n) is 6.33. The lowest BCUT2D eigenvalue weighted by molar-refractivity contribution is 0.198. The predicted molar refractivity (Wildman–Crippen MR) is 120 cm³/mol. The van der Waals surface area contributed by atoms with Crippen molar-refractivity contribution in [2.24, 2.45) is 5.92 Å². The van der Waals surface area contributed by atoms with Gasteiger partial charge in [-0.15, -0.1) is 0 Å². The lowest BCUT2D eigenvalue weighted by Gasteiger charge is -2.31. The number of halogens is 1. The standard InChI is InChI=1S/C24H24FN5O2/c25-19-3-1-2-4-22(19)30(24(31)32)14-16-5-7-17(8-6-16)23-27-20-10-9-18(13-21(20)28-23)29-12-11-26-15-29/h1-4,9-13,15-17H,5-8,14H2,(H,27,28)(H,31,32). The highest BCUT2D eigenvalue weighted by Gasteiger charge is 2.28. The van der Waals surface area contributed by atoms with Crippen molar-refractivity contribution >= 4 is 22.8 Å². The van der Waals surface area contributed by atoms with Gasteiger partial charge in [-0.3, -0.25) is 4.90 Å². The second-order valence-electron chi connectivity index (χ2n) is 8.36. The van der Waals surface area contributed by atoms with Gasteiger partial charge in [-0.1, -0.05) is 12.1 Å². The molecule has 5 rings (SSSR count). The Morgan fingerprint density at radius 2 is 2.00 bits per heavy atom. The molecule has 2 N–H and O–H groups in total. The van der Waals surface area contributed by atoms with Crippen LogP contribution in [0, 0.1) is 11.7 Å². The molecule has 0 aliphatic heterocycles. The quantitative estimate of drug-likeness (QED) is 0.444. The number of fused-ring (bicyclic) bond motifs is 1. The third kappa shape index (κ3) is 3.95. The predicted octanol–water partition coefficient (Wildman–Crippen LogP) is 5.35. The van der Waals surface area contributed by atoms with E-state index in [1.807, 2.05) is 22.9 Å². The second kappa shape index (κ2) is 8.45. The van der Waals surface area contributed by atoms with Gasteiger partial charge in [0.25, 0.3) is 0 Å². The fourth-order valence-electron chi connectivity index (χ4n) is 4.61. The Hall–Kier alpha value is -3.68. The Bertz CT molecular complexity index is 1230. The van der Waals surface area contributed by atoms with Crippen LogP contribution in [0.4, 0.5) is 14.9 Å². The molecule has 2 aromatic carbocycles. The summed E-state index contributed by atoms with van der Waals surface area (Å²) in [4.78, 5) is 25.3. The van der Waals surface area contributed by atoms with E-state index in [0.29, 0.717) is 12.5 Å². The van der Waals surface area contributed by atoms with Crippen molar-refractivity contribution in [2.75, 3.05) is 11.4 Å². The van der Waals surface area contributed by atoms with Crippen LogP contribution in [0.25, 0.3) is 16.7 Å². The zero-order chi connectivity index (χ0) is 22.1. The number of nitrogens with one attached hydrogen (secondary N) is 1. The maximum Gasteiger partial charge on any atom is 0.411 e. The molecule has 1 aliphatic rings. The van der Waals surface area contributed by atoms with Crippen molar-refractivity contribution < 1.29 is 14.3 Å². The number of anilines is 1. The van der Waals surface area contributed by atoms with E-state index in [9.17, 15) is 14.3 Å². The van der Waals surface area contributed by atoms with Gasteiger partial charge < -0.3 is 14.7 Å². The molecule has 0 unspecified atom stereocenters. The first kappa shape index (κ1) is 20.2. The first-order valence-corrected chi connectivity index (χ1v) is 10.8. The number of para-hydroxylation sites is 1. The van der Waals surface area contributed by atoms with Crippen LogP contribution in [-0.4, -0.2) is 37.3 Å². The molecule has 164 valence electrons. The van der Waals surface area contributed by atoms with Gasteiger partial charge >= 0.3 is 6.09 Å². The van der Waals surface area contributed by atoms with E-state index in [4.69, 9.17) is 4.98 Å². The Labute approximate surface area is 184 Å². The molecule has 32 heavy (non-hydrogen) atoms. The fraction of sp³-hybridized carbons (Fsp3) is 0.292. The smallest absolute Gasteiger partial charge is 0.411 e. The molecule has 1 aliphatic carbocycles. The number of benzene rings is 2. The van der Waals surface area contributed by atoms with Gasteiger partial charge in [-0.25, -0.2) is 19.2 Å². The number of hydrogen-bond donors (Lipinski definition) is 2. The third-order valence-corrected chi connectivity index (χ3v) is 6.33. The van der Waals surface area contributed by atoms with Crippen molar-refractivity contribution in [3.8, 4) is 5.69 Å². The molecule has 0 spiro atoms. The molecule has 0 saturated heterocycles. The van der Waals surface area contributed by atoms with Crippen LogP contribution < -0.4 is 4.90 Å². The van der Waals surface area contributed by atoms with Gasteiger partial charge in [0.1, 0.15) is 11.6 Å². The number of aromatic amines is 1. The summed E-state index contributed by atoms with van der Waals surface area (Å²) in [7, 11) is 0. The molecule has 0 radical (unpaired) electrons.